The van der Waals surface area contributed by atoms with Crippen LogP contribution in [0, 0.1) is 19.7 Å². The van der Waals surface area contributed by atoms with E-state index in [1.807, 2.05) is 0 Å². The lowest BCUT2D eigenvalue weighted by Crippen LogP contribution is -2.37. The molecule has 25 heavy (non-hydrogen) atoms. The Morgan fingerprint density at radius 1 is 1.28 bits per heavy atom. The van der Waals surface area contributed by atoms with E-state index in [1.54, 1.807) is 42.7 Å². The van der Waals surface area contributed by atoms with Gasteiger partial charge in [0.1, 0.15) is 5.82 Å². The van der Waals surface area contributed by atoms with Crippen LogP contribution in [0.4, 0.5) is 13.2 Å². The van der Waals surface area contributed by atoms with Crippen molar-refractivity contribution >= 4 is 5.91 Å². The van der Waals surface area contributed by atoms with Gasteiger partial charge < -0.3 is 14.2 Å². The predicted molar refractivity (Wildman–Crippen MR) is 89.0 cm³/mol. The van der Waals surface area contributed by atoms with Gasteiger partial charge in [0.25, 0.3) is 12.3 Å². The Morgan fingerprint density at radius 3 is 2.56 bits per heavy atom. The van der Waals surface area contributed by atoms with Crippen molar-refractivity contribution in [2.24, 2.45) is 0 Å². The molecule has 136 valence electrons. The summed E-state index contributed by atoms with van der Waals surface area (Å²) in [7, 11) is 1.44. The first-order valence-electron chi connectivity index (χ1n) is 7.87. The molecule has 0 atom stereocenters. The van der Waals surface area contributed by atoms with E-state index in [2.05, 4.69) is 0 Å². The third-order valence-corrected chi connectivity index (χ3v) is 3.97. The van der Waals surface area contributed by atoms with E-state index >= 15 is 0 Å². The summed E-state index contributed by atoms with van der Waals surface area (Å²) >= 11 is 0. The molecule has 0 N–H and O–H groups in total. The number of rotatable bonds is 7. The van der Waals surface area contributed by atoms with Gasteiger partial charge in [0.2, 0.25) is 0 Å². The standard InChI is InChI=1S/C18H21F3N2O2/c1-12-10-14(18(24)22(8-9-25-3)11-17(20)21)13(2)23(12)16-7-5-4-6-15(16)19/h4-7,10,17H,8-9,11H2,1-3H3. The minimum atomic E-state index is -2.64. The van der Waals surface area contributed by atoms with Crippen LogP contribution in [-0.4, -0.2) is 48.6 Å². The van der Waals surface area contributed by atoms with Gasteiger partial charge in [0.05, 0.1) is 24.4 Å². The molecule has 1 heterocycles. The molecule has 0 radical (unpaired) electrons. The number of aryl methyl sites for hydroxylation is 1. The smallest absolute Gasteiger partial charge is 0.255 e. The first-order valence-corrected chi connectivity index (χ1v) is 7.87. The first-order chi connectivity index (χ1) is 11.9. The number of hydrogen-bond acceptors (Lipinski definition) is 2. The fourth-order valence-corrected chi connectivity index (χ4v) is 2.80. The molecule has 2 aromatic rings. The summed E-state index contributed by atoms with van der Waals surface area (Å²) in [5.74, 6) is -0.944. The van der Waals surface area contributed by atoms with Crippen LogP contribution >= 0.6 is 0 Å². The van der Waals surface area contributed by atoms with E-state index in [9.17, 15) is 18.0 Å². The van der Waals surface area contributed by atoms with Crippen LogP contribution in [0.2, 0.25) is 0 Å². The maximum absolute atomic E-state index is 14.1. The first kappa shape index (κ1) is 19.1. The summed E-state index contributed by atoms with van der Waals surface area (Å²) < 4.78 is 46.2. The molecule has 7 heteroatoms. The zero-order valence-corrected chi connectivity index (χ0v) is 14.4. The summed E-state index contributed by atoms with van der Waals surface area (Å²) in [5.41, 5.74) is 1.74. The molecule has 1 amide bonds. The Bertz CT molecular complexity index is 744. The lowest BCUT2D eigenvalue weighted by atomic mass is 10.2. The third kappa shape index (κ3) is 4.22. The van der Waals surface area contributed by atoms with Crippen LogP contribution in [0.25, 0.3) is 5.69 Å². The number of nitrogens with zero attached hydrogens (tertiary/aromatic N) is 2. The second-order valence-electron chi connectivity index (χ2n) is 5.71. The molecule has 1 aromatic carbocycles. The third-order valence-electron chi connectivity index (χ3n) is 3.97. The number of para-hydroxylation sites is 1. The van der Waals surface area contributed by atoms with Crippen molar-refractivity contribution < 1.29 is 22.7 Å². The Kier molecular flexibility index (Phi) is 6.25. The molecule has 0 bridgehead atoms. The zero-order valence-electron chi connectivity index (χ0n) is 14.4. The Morgan fingerprint density at radius 2 is 1.96 bits per heavy atom. The fraction of sp³-hybridized carbons (Fsp3) is 0.389. The van der Waals surface area contributed by atoms with E-state index in [1.165, 1.54) is 13.2 Å². The molecule has 0 unspecified atom stereocenters. The Hall–Kier alpha value is -2.28. The predicted octanol–water partition coefficient (Wildman–Crippen LogP) is 3.59. The monoisotopic (exact) mass is 354 g/mol. The molecule has 0 spiro atoms. The molecule has 0 aliphatic rings. The SMILES string of the molecule is COCCN(CC(F)F)C(=O)c1cc(C)n(-c2ccccc2F)c1C. The number of carbonyl (C=O) groups excluding carboxylic acids is 1. The highest BCUT2D eigenvalue weighted by Crippen LogP contribution is 2.24. The quantitative estimate of drug-likeness (QED) is 0.762. The highest BCUT2D eigenvalue weighted by molar-refractivity contribution is 5.96. The molecule has 4 nitrogen and oxygen atoms in total. The van der Waals surface area contributed by atoms with Crippen LogP contribution in [0.1, 0.15) is 21.7 Å². The van der Waals surface area contributed by atoms with Crippen molar-refractivity contribution in [2.45, 2.75) is 20.3 Å². The van der Waals surface area contributed by atoms with Gasteiger partial charge >= 0.3 is 0 Å². The highest BCUT2D eigenvalue weighted by atomic mass is 19.3. The van der Waals surface area contributed by atoms with E-state index in [4.69, 9.17) is 4.74 Å². The minimum absolute atomic E-state index is 0.0586. The van der Waals surface area contributed by atoms with Gasteiger partial charge in [-0.15, -0.1) is 0 Å². The topological polar surface area (TPSA) is 34.5 Å². The number of methoxy groups -OCH3 is 1. The lowest BCUT2D eigenvalue weighted by molar-refractivity contribution is 0.0477. The molecule has 0 saturated carbocycles. The number of halogens is 3. The Labute approximate surface area is 144 Å². The highest BCUT2D eigenvalue weighted by Gasteiger charge is 2.24. The fourth-order valence-electron chi connectivity index (χ4n) is 2.80. The second kappa shape index (κ2) is 8.20. The van der Waals surface area contributed by atoms with Gasteiger partial charge in [0.15, 0.2) is 0 Å². The van der Waals surface area contributed by atoms with Gasteiger partial charge in [0, 0.05) is 25.0 Å². The number of alkyl halides is 2. The minimum Gasteiger partial charge on any atom is -0.383 e. The number of amides is 1. The van der Waals surface area contributed by atoms with Crippen LogP contribution in [0.3, 0.4) is 0 Å². The zero-order chi connectivity index (χ0) is 18.6. The maximum atomic E-state index is 14.1. The van der Waals surface area contributed by atoms with Crippen molar-refractivity contribution in [1.29, 1.82) is 0 Å². The number of benzene rings is 1. The van der Waals surface area contributed by atoms with E-state index in [0.717, 1.165) is 4.90 Å². The van der Waals surface area contributed by atoms with Gasteiger partial charge in [-0.1, -0.05) is 12.1 Å². The van der Waals surface area contributed by atoms with Crippen molar-refractivity contribution in [3.8, 4) is 5.69 Å². The normalized spacial score (nSPS) is 11.2. The summed E-state index contributed by atoms with van der Waals surface area (Å²) in [6.07, 6.45) is -2.64. The summed E-state index contributed by atoms with van der Waals surface area (Å²) in [6.45, 7) is 2.95. The molecule has 0 saturated heterocycles. The summed E-state index contributed by atoms with van der Waals surface area (Å²) in [5, 5.41) is 0. The molecule has 0 fully saturated rings. The molecule has 2 rings (SSSR count). The number of aromatic nitrogens is 1. The lowest BCUT2D eigenvalue weighted by Gasteiger charge is -2.22. The maximum Gasteiger partial charge on any atom is 0.255 e. The Balaban J connectivity index is 2.40. The summed E-state index contributed by atoms with van der Waals surface area (Å²) in [4.78, 5) is 13.8. The van der Waals surface area contributed by atoms with Gasteiger partial charge in [-0.3, -0.25) is 4.79 Å². The second-order valence-corrected chi connectivity index (χ2v) is 5.71. The van der Waals surface area contributed by atoms with E-state index in [0.29, 0.717) is 17.1 Å². The van der Waals surface area contributed by atoms with Crippen molar-refractivity contribution in [3.05, 3.63) is 53.1 Å². The van der Waals surface area contributed by atoms with E-state index < -0.39 is 24.7 Å². The van der Waals surface area contributed by atoms with Crippen LogP contribution in [0.5, 0.6) is 0 Å². The largest absolute Gasteiger partial charge is 0.383 e. The van der Waals surface area contributed by atoms with Crippen LogP contribution in [0.15, 0.2) is 30.3 Å². The van der Waals surface area contributed by atoms with Gasteiger partial charge in [-0.05, 0) is 32.0 Å². The molecular formula is C18H21F3N2O2. The van der Waals surface area contributed by atoms with Crippen LogP contribution < -0.4 is 0 Å². The van der Waals surface area contributed by atoms with E-state index in [-0.39, 0.29) is 18.7 Å². The molecule has 0 aliphatic heterocycles. The number of carbonyl (C=O) groups is 1. The van der Waals surface area contributed by atoms with Gasteiger partial charge in [-0.25, -0.2) is 13.2 Å². The van der Waals surface area contributed by atoms with Crippen molar-refractivity contribution in [2.75, 3.05) is 26.8 Å². The molecule has 1 aromatic heterocycles. The van der Waals surface area contributed by atoms with Crippen molar-refractivity contribution in [1.82, 2.24) is 9.47 Å². The molecular weight excluding hydrogens is 333 g/mol. The van der Waals surface area contributed by atoms with Crippen molar-refractivity contribution in [3.63, 3.8) is 0 Å². The summed E-state index contributed by atoms with van der Waals surface area (Å²) in [6, 6.07) is 7.80. The number of ether oxygens (including phenoxy) is 1. The average molecular weight is 354 g/mol. The molecule has 0 aliphatic carbocycles. The number of hydrogen-bond donors (Lipinski definition) is 0. The average Bonchev–Trinajstić information content (AvgIpc) is 2.86. The van der Waals surface area contributed by atoms with Crippen LogP contribution in [-0.2, 0) is 4.74 Å². The van der Waals surface area contributed by atoms with Gasteiger partial charge in [-0.2, -0.15) is 0 Å².